The number of alkyl halides is 4. The van der Waals surface area contributed by atoms with Gasteiger partial charge in [0.15, 0.2) is 0 Å². The van der Waals surface area contributed by atoms with E-state index >= 15 is 0 Å². The van der Waals surface area contributed by atoms with Crippen LogP contribution in [0.2, 0.25) is 0 Å². The molecule has 0 bridgehead atoms. The van der Waals surface area contributed by atoms with Gasteiger partial charge in [-0.2, -0.15) is 17.2 Å². The van der Waals surface area contributed by atoms with Gasteiger partial charge in [-0.1, -0.05) is 0 Å². The maximum absolute atomic E-state index is 11.9. The first kappa shape index (κ1) is 11.9. The second kappa shape index (κ2) is 3.75. The maximum Gasteiger partial charge on any atom is 0.355 e. The molecule has 12 heavy (non-hydrogen) atoms. The predicted octanol–water partition coefficient (Wildman–Crippen LogP) is 1.39. The fourth-order valence-corrected chi connectivity index (χ4v) is 0.643. The van der Waals surface area contributed by atoms with Crippen LogP contribution < -0.4 is 0 Å². The topological polar surface area (TPSA) is 43.4 Å². The summed E-state index contributed by atoms with van der Waals surface area (Å²) in [6.45, 7) is -1.96. The van der Waals surface area contributed by atoms with E-state index in [0.29, 0.717) is 0 Å². The minimum atomic E-state index is -4.63. The van der Waals surface area contributed by atoms with Crippen molar-refractivity contribution >= 4 is 20.0 Å². The molecule has 0 saturated heterocycles. The molecule has 3 nitrogen and oxygen atoms in total. The van der Waals surface area contributed by atoms with Crippen LogP contribution in [0.15, 0.2) is 0 Å². The molecule has 0 atom stereocenters. The minimum Gasteiger partial charge on any atom is -0.251 e. The number of hydrogen-bond acceptors (Lipinski definition) is 3. The Morgan fingerprint density at radius 3 is 2.08 bits per heavy atom. The standard InChI is InChI=1S/C3H3ClF4O3S/c4-12(9,10)11-1-3(7,8)2(5)6/h2H,1H2. The van der Waals surface area contributed by atoms with Crippen molar-refractivity contribution in [3.05, 3.63) is 0 Å². The van der Waals surface area contributed by atoms with Gasteiger partial charge in [0.25, 0.3) is 0 Å². The molecule has 0 aliphatic carbocycles. The third-order valence-corrected chi connectivity index (χ3v) is 1.38. The van der Waals surface area contributed by atoms with Gasteiger partial charge in [-0.15, -0.1) is 0 Å². The summed E-state index contributed by atoms with van der Waals surface area (Å²) in [7, 11) is -0.316. The molecule has 0 aliphatic rings. The molecule has 0 spiro atoms. The highest BCUT2D eigenvalue weighted by Crippen LogP contribution is 2.23. The smallest absolute Gasteiger partial charge is 0.251 e. The van der Waals surface area contributed by atoms with Crippen LogP contribution in [0.3, 0.4) is 0 Å². The zero-order chi connectivity index (χ0) is 9.99. The highest BCUT2D eigenvalue weighted by molar-refractivity contribution is 8.09. The molecule has 9 heteroatoms. The Hall–Kier alpha value is -0.0800. The fourth-order valence-electron chi connectivity index (χ4n) is 0.212. The van der Waals surface area contributed by atoms with Gasteiger partial charge in [-0.25, -0.2) is 8.78 Å². The molecule has 0 radical (unpaired) electrons. The maximum atomic E-state index is 11.9. The van der Waals surface area contributed by atoms with Crippen molar-refractivity contribution in [2.45, 2.75) is 12.3 Å². The summed E-state index contributed by atoms with van der Waals surface area (Å²) in [5.41, 5.74) is 0. The van der Waals surface area contributed by atoms with Gasteiger partial charge in [0.2, 0.25) is 0 Å². The van der Waals surface area contributed by atoms with Crippen LogP contribution in [0.1, 0.15) is 0 Å². The quantitative estimate of drug-likeness (QED) is 0.541. The molecule has 0 aliphatic heterocycles. The molecule has 0 rings (SSSR count). The van der Waals surface area contributed by atoms with Crippen LogP contribution in [-0.2, 0) is 13.5 Å². The van der Waals surface area contributed by atoms with E-state index in [-0.39, 0.29) is 0 Å². The minimum absolute atomic E-state index is 1.96. The van der Waals surface area contributed by atoms with Crippen LogP contribution >= 0.6 is 10.7 Å². The summed E-state index contributed by atoms with van der Waals surface area (Å²) < 4.78 is 69.4. The van der Waals surface area contributed by atoms with Gasteiger partial charge in [-0.3, -0.25) is 4.18 Å². The van der Waals surface area contributed by atoms with Crippen molar-refractivity contribution in [2.75, 3.05) is 6.61 Å². The largest absolute Gasteiger partial charge is 0.355 e. The molecule has 0 aromatic heterocycles. The second-order valence-corrected chi connectivity index (χ2v) is 3.87. The Morgan fingerprint density at radius 2 is 1.83 bits per heavy atom. The molecule has 0 amide bonds. The van der Waals surface area contributed by atoms with Crippen molar-refractivity contribution in [3.63, 3.8) is 0 Å². The Morgan fingerprint density at radius 1 is 1.42 bits per heavy atom. The van der Waals surface area contributed by atoms with Crippen molar-refractivity contribution in [3.8, 4) is 0 Å². The van der Waals surface area contributed by atoms with Crippen LogP contribution in [0.5, 0.6) is 0 Å². The molecule has 0 aromatic rings. The molecule has 0 N–H and O–H groups in total. The number of hydrogen-bond donors (Lipinski definition) is 0. The molecule has 0 aromatic carbocycles. The Labute approximate surface area is 69.9 Å². The average molecular weight is 231 g/mol. The molecule has 0 heterocycles. The molecule has 74 valence electrons. The Bertz CT molecular complexity index is 238. The summed E-state index contributed by atoms with van der Waals surface area (Å²) in [5.74, 6) is -4.51. The normalized spacial score (nSPS) is 13.8. The SMILES string of the molecule is O=S(=O)(Cl)OCC(F)(F)C(F)F. The van der Waals surface area contributed by atoms with E-state index in [1.807, 2.05) is 0 Å². The predicted molar refractivity (Wildman–Crippen MR) is 31.7 cm³/mol. The summed E-state index contributed by atoms with van der Waals surface area (Å²) in [5, 5.41) is 0. The highest BCUT2D eigenvalue weighted by Gasteiger charge is 2.42. The van der Waals surface area contributed by atoms with Crippen molar-refractivity contribution in [2.24, 2.45) is 0 Å². The van der Waals surface area contributed by atoms with Gasteiger partial charge in [0.05, 0.1) is 0 Å². The van der Waals surface area contributed by atoms with Gasteiger partial charge in [0, 0.05) is 10.7 Å². The average Bonchev–Trinajstić information content (AvgIpc) is 1.82. The van der Waals surface area contributed by atoms with Crippen molar-refractivity contribution < 1.29 is 30.2 Å². The molecular formula is C3H3ClF4O3S. The molecule has 0 saturated carbocycles. The fraction of sp³-hybridized carbons (Fsp3) is 1.00. The van der Waals surface area contributed by atoms with Gasteiger partial charge in [0.1, 0.15) is 6.61 Å². The van der Waals surface area contributed by atoms with Crippen molar-refractivity contribution in [1.82, 2.24) is 0 Å². The lowest BCUT2D eigenvalue weighted by Crippen LogP contribution is -2.32. The third kappa shape index (κ3) is 4.73. The van der Waals surface area contributed by atoms with E-state index in [2.05, 4.69) is 14.9 Å². The van der Waals surface area contributed by atoms with Crippen LogP contribution in [0, 0.1) is 0 Å². The van der Waals surface area contributed by atoms with E-state index in [0.717, 1.165) is 0 Å². The first-order valence-corrected chi connectivity index (χ1v) is 4.63. The van der Waals surface area contributed by atoms with E-state index in [1.54, 1.807) is 0 Å². The summed E-state index contributed by atoms with van der Waals surface area (Å²) >= 11 is 0. The van der Waals surface area contributed by atoms with Gasteiger partial charge >= 0.3 is 21.7 Å². The van der Waals surface area contributed by atoms with Crippen LogP contribution in [-0.4, -0.2) is 27.4 Å². The lowest BCUT2D eigenvalue weighted by molar-refractivity contribution is -0.147. The molecule has 0 fully saturated rings. The second-order valence-electron chi connectivity index (χ2n) is 1.72. The molecule has 0 unspecified atom stereocenters. The van der Waals surface area contributed by atoms with Gasteiger partial charge < -0.3 is 0 Å². The van der Waals surface area contributed by atoms with Crippen molar-refractivity contribution in [1.29, 1.82) is 0 Å². The first-order valence-electron chi connectivity index (χ1n) is 2.40. The van der Waals surface area contributed by atoms with Crippen LogP contribution in [0.4, 0.5) is 17.6 Å². The van der Waals surface area contributed by atoms with E-state index in [9.17, 15) is 26.0 Å². The lowest BCUT2D eigenvalue weighted by atomic mass is 10.4. The first-order chi connectivity index (χ1) is 5.15. The summed E-state index contributed by atoms with van der Waals surface area (Å²) in [4.78, 5) is 0. The summed E-state index contributed by atoms with van der Waals surface area (Å²) in [6.07, 6.45) is -3.99. The summed E-state index contributed by atoms with van der Waals surface area (Å²) in [6, 6.07) is 0. The van der Waals surface area contributed by atoms with Gasteiger partial charge in [-0.05, 0) is 0 Å². The van der Waals surface area contributed by atoms with Crippen LogP contribution in [0.25, 0.3) is 0 Å². The van der Waals surface area contributed by atoms with E-state index in [1.165, 1.54) is 0 Å². The zero-order valence-corrected chi connectivity index (χ0v) is 6.88. The molecular weight excluding hydrogens is 228 g/mol. The number of halogens is 5. The number of rotatable bonds is 4. The Kier molecular flexibility index (Phi) is 3.73. The third-order valence-electron chi connectivity index (χ3n) is 0.711. The Balaban J connectivity index is 4.10. The highest BCUT2D eigenvalue weighted by atomic mass is 35.7. The van der Waals surface area contributed by atoms with E-state index < -0.39 is 28.3 Å². The zero-order valence-electron chi connectivity index (χ0n) is 5.31. The lowest BCUT2D eigenvalue weighted by Gasteiger charge is -2.12. The monoisotopic (exact) mass is 230 g/mol. The van der Waals surface area contributed by atoms with E-state index in [4.69, 9.17) is 0 Å².